The van der Waals surface area contributed by atoms with Crippen molar-refractivity contribution in [3.8, 4) is 11.8 Å². The number of imidazole rings is 1. The van der Waals surface area contributed by atoms with Gasteiger partial charge in [0.15, 0.2) is 5.65 Å². The standard InChI is InChI=1S/C23H21N5O2/c1-15-12-21(25-10-5-11-26-23(30)16-6-4-7-17(29)13-16)28-20-9-3-2-8-19(20)27-22(28)18(15)14-24/h2-4,6-9,12-13,25,29H,5,10-11H2,1H3,(H,26,30). The van der Waals surface area contributed by atoms with Gasteiger partial charge < -0.3 is 15.7 Å². The average Bonchev–Trinajstić information content (AvgIpc) is 3.12. The molecule has 0 saturated heterocycles. The van der Waals surface area contributed by atoms with Crippen LogP contribution in [0.1, 0.15) is 27.9 Å². The molecule has 0 aliphatic rings. The molecule has 0 bridgehead atoms. The number of nitriles is 1. The van der Waals surface area contributed by atoms with Crippen molar-refractivity contribution in [2.24, 2.45) is 0 Å². The molecule has 0 radical (unpaired) electrons. The molecule has 2 aromatic heterocycles. The summed E-state index contributed by atoms with van der Waals surface area (Å²) >= 11 is 0. The molecule has 0 unspecified atom stereocenters. The van der Waals surface area contributed by atoms with Crippen molar-refractivity contribution in [2.75, 3.05) is 18.4 Å². The summed E-state index contributed by atoms with van der Waals surface area (Å²) in [6.07, 6.45) is 0.706. The van der Waals surface area contributed by atoms with Crippen LogP contribution in [0.25, 0.3) is 16.7 Å². The lowest BCUT2D eigenvalue weighted by Crippen LogP contribution is -2.25. The second-order valence-electron chi connectivity index (χ2n) is 7.05. The fourth-order valence-corrected chi connectivity index (χ4v) is 3.48. The lowest BCUT2D eigenvalue weighted by molar-refractivity contribution is 0.0953. The van der Waals surface area contributed by atoms with E-state index >= 15 is 0 Å². The fourth-order valence-electron chi connectivity index (χ4n) is 3.48. The first-order valence-electron chi connectivity index (χ1n) is 9.70. The molecule has 1 amide bonds. The molecule has 2 heterocycles. The third-order valence-electron chi connectivity index (χ3n) is 4.94. The average molecular weight is 399 g/mol. The fraction of sp³-hybridized carbons (Fsp3) is 0.174. The number of pyridine rings is 1. The minimum atomic E-state index is -0.219. The quantitative estimate of drug-likeness (QED) is 0.430. The van der Waals surface area contributed by atoms with Gasteiger partial charge in [-0.2, -0.15) is 5.26 Å². The molecule has 0 aliphatic carbocycles. The Kier molecular flexibility index (Phi) is 5.22. The number of amides is 1. The van der Waals surface area contributed by atoms with Gasteiger partial charge in [0.25, 0.3) is 5.91 Å². The van der Waals surface area contributed by atoms with Gasteiger partial charge in [-0.05, 0) is 55.3 Å². The number of fused-ring (bicyclic) bond motifs is 3. The van der Waals surface area contributed by atoms with Crippen LogP contribution < -0.4 is 10.6 Å². The molecule has 4 rings (SSSR count). The highest BCUT2D eigenvalue weighted by molar-refractivity contribution is 5.94. The van der Waals surface area contributed by atoms with Crippen LogP contribution in [-0.2, 0) is 0 Å². The van der Waals surface area contributed by atoms with Gasteiger partial charge in [-0.25, -0.2) is 4.98 Å². The number of benzene rings is 2. The van der Waals surface area contributed by atoms with Crippen molar-refractivity contribution in [2.45, 2.75) is 13.3 Å². The van der Waals surface area contributed by atoms with E-state index in [1.807, 2.05) is 41.7 Å². The van der Waals surface area contributed by atoms with Crippen LogP contribution in [0.15, 0.2) is 54.6 Å². The van der Waals surface area contributed by atoms with Crippen molar-refractivity contribution < 1.29 is 9.90 Å². The number of nitrogens with one attached hydrogen (secondary N) is 2. The van der Waals surface area contributed by atoms with Crippen LogP contribution in [0.3, 0.4) is 0 Å². The maximum absolute atomic E-state index is 12.1. The normalized spacial score (nSPS) is 10.8. The Hall–Kier alpha value is -4.05. The number of aryl methyl sites for hydroxylation is 1. The molecule has 7 heteroatoms. The predicted octanol–water partition coefficient (Wildman–Crippen LogP) is 3.61. The summed E-state index contributed by atoms with van der Waals surface area (Å²) < 4.78 is 1.96. The minimum Gasteiger partial charge on any atom is -0.508 e. The van der Waals surface area contributed by atoms with Crippen LogP contribution in [0, 0.1) is 18.3 Å². The molecule has 0 spiro atoms. The van der Waals surface area contributed by atoms with Crippen LogP contribution in [-0.4, -0.2) is 33.5 Å². The molecule has 4 aromatic rings. The lowest BCUT2D eigenvalue weighted by atomic mass is 10.1. The topological polar surface area (TPSA) is 102 Å². The Labute approximate surface area is 173 Å². The molecule has 0 aliphatic heterocycles. The summed E-state index contributed by atoms with van der Waals surface area (Å²) in [5.74, 6) is 0.703. The molecule has 3 N–H and O–H groups in total. The number of aromatic hydroxyl groups is 1. The summed E-state index contributed by atoms with van der Waals surface area (Å²) in [6, 6.07) is 18.3. The summed E-state index contributed by atoms with van der Waals surface area (Å²) in [7, 11) is 0. The van der Waals surface area contributed by atoms with Gasteiger partial charge in [-0.3, -0.25) is 9.20 Å². The second-order valence-corrected chi connectivity index (χ2v) is 7.05. The van der Waals surface area contributed by atoms with Crippen LogP contribution in [0.2, 0.25) is 0 Å². The second kappa shape index (κ2) is 8.13. The van der Waals surface area contributed by atoms with Crippen molar-refractivity contribution in [3.05, 3.63) is 71.3 Å². The highest BCUT2D eigenvalue weighted by Gasteiger charge is 2.14. The van der Waals surface area contributed by atoms with Gasteiger partial charge in [0.1, 0.15) is 17.6 Å². The smallest absolute Gasteiger partial charge is 0.251 e. The Balaban J connectivity index is 1.47. The number of nitrogens with zero attached hydrogens (tertiary/aromatic N) is 3. The SMILES string of the molecule is Cc1cc(NCCCNC(=O)c2cccc(O)c2)n2c(nc3ccccc32)c1C#N. The van der Waals surface area contributed by atoms with Gasteiger partial charge in [0.05, 0.1) is 16.6 Å². The molecule has 150 valence electrons. The lowest BCUT2D eigenvalue weighted by Gasteiger charge is -2.13. The predicted molar refractivity (Wildman–Crippen MR) is 116 cm³/mol. The molecule has 0 atom stereocenters. The summed E-state index contributed by atoms with van der Waals surface area (Å²) in [5, 5.41) is 25.3. The van der Waals surface area contributed by atoms with E-state index in [1.54, 1.807) is 12.1 Å². The van der Waals surface area contributed by atoms with E-state index in [1.165, 1.54) is 12.1 Å². The minimum absolute atomic E-state index is 0.0667. The number of hydrogen-bond acceptors (Lipinski definition) is 5. The van der Waals surface area contributed by atoms with E-state index in [0.717, 1.165) is 22.4 Å². The van der Waals surface area contributed by atoms with Gasteiger partial charge >= 0.3 is 0 Å². The zero-order valence-electron chi connectivity index (χ0n) is 16.5. The van der Waals surface area contributed by atoms with Crippen molar-refractivity contribution >= 4 is 28.4 Å². The van der Waals surface area contributed by atoms with E-state index < -0.39 is 0 Å². The number of phenols is 1. The largest absolute Gasteiger partial charge is 0.508 e. The number of hydrogen-bond donors (Lipinski definition) is 3. The molecule has 0 fully saturated rings. The molecule has 0 saturated carbocycles. The third kappa shape index (κ3) is 3.63. The number of anilines is 1. The first kappa shape index (κ1) is 19.3. The summed E-state index contributed by atoms with van der Waals surface area (Å²) in [6.45, 7) is 3.02. The Bertz CT molecular complexity index is 1290. The van der Waals surface area contributed by atoms with Crippen LogP contribution in [0.5, 0.6) is 5.75 Å². The van der Waals surface area contributed by atoms with E-state index in [2.05, 4.69) is 21.7 Å². The zero-order chi connectivity index (χ0) is 21.1. The summed E-state index contributed by atoms with van der Waals surface area (Å²) in [5.41, 5.74) is 4.26. The number of para-hydroxylation sites is 2. The number of aromatic nitrogens is 2. The first-order chi connectivity index (χ1) is 14.6. The van der Waals surface area contributed by atoms with Crippen molar-refractivity contribution in [1.29, 1.82) is 5.26 Å². The number of phenolic OH excluding ortho intramolecular Hbond substituents is 1. The summed E-state index contributed by atoms with van der Waals surface area (Å²) in [4.78, 5) is 16.8. The Morgan fingerprint density at radius 2 is 2.00 bits per heavy atom. The van der Waals surface area contributed by atoms with Crippen molar-refractivity contribution in [3.63, 3.8) is 0 Å². The molecular weight excluding hydrogens is 378 g/mol. The number of carbonyl (C=O) groups is 1. The highest BCUT2D eigenvalue weighted by atomic mass is 16.3. The maximum atomic E-state index is 12.1. The Morgan fingerprint density at radius 1 is 1.17 bits per heavy atom. The molecule has 2 aromatic carbocycles. The molecule has 30 heavy (non-hydrogen) atoms. The maximum Gasteiger partial charge on any atom is 0.251 e. The molecular formula is C23H21N5O2. The first-order valence-corrected chi connectivity index (χ1v) is 9.70. The van der Waals surface area contributed by atoms with E-state index in [9.17, 15) is 15.2 Å². The highest BCUT2D eigenvalue weighted by Crippen LogP contribution is 2.26. The van der Waals surface area contributed by atoms with E-state index in [0.29, 0.717) is 36.3 Å². The van der Waals surface area contributed by atoms with E-state index in [4.69, 9.17) is 0 Å². The van der Waals surface area contributed by atoms with Gasteiger partial charge in [-0.15, -0.1) is 0 Å². The third-order valence-corrected chi connectivity index (χ3v) is 4.94. The van der Waals surface area contributed by atoms with E-state index in [-0.39, 0.29) is 11.7 Å². The number of carbonyl (C=O) groups excluding carboxylic acids is 1. The zero-order valence-corrected chi connectivity index (χ0v) is 16.5. The molecule has 7 nitrogen and oxygen atoms in total. The van der Waals surface area contributed by atoms with Gasteiger partial charge in [0, 0.05) is 18.7 Å². The van der Waals surface area contributed by atoms with Crippen molar-refractivity contribution in [1.82, 2.24) is 14.7 Å². The van der Waals surface area contributed by atoms with Gasteiger partial charge in [0.2, 0.25) is 0 Å². The van der Waals surface area contributed by atoms with Crippen LogP contribution >= 0.6 is 0 Å². The Morgan fingerprint density at radius 3 is 2.80 bits per heavy atom. The monoisotopic (exact) mass is 399 g/mol. The number of rotatable bonds is 6. The van der Waals surface area contributed by atoms with Crippen LogP contribution in [0.4, 0.5) is 5.82 Å². The van der Waals surface area contributed by atoms with Gasteiger partial charge in [-0.1, -0.05) is 18.2 Å².